The molecular formula is C28H30F2N2OS. The molecule has 2 aromatic carbocycles. The first-order valence-corrected chi connectivity index (χ1v) is 12.5. The van der Waals surface area contributed by atoms with E-state index in [1.807, 2.05) is 35.9 Å². The standard InChI is InChI=1S/C28H30F2N2OS/c1-2-20-7-5-8-21(13-20)18-31-19-27(33)26(16-22-14-23(29)17-24(30)15-22)32-11-4-3-9-25(32)28-10-6-12-34-28/h3-15,17,25-27,31,33H,2,16,18-19H2,1H3/t25?,26-,27+/m0/s1. The smallest absolute Gasteiger partial charge is 0.126 e. The van der Waals surface area contributed by atoms with E-state index in [1.54, 1.807) is 11.3 Å². The number of aryl methyl sites for hydroxylation is 1. The van der Waals surface area contributed by atoms with E-state index in [-0.39, 0.29) is 12.1 Å². The molecule has 2 heterocycles. The fourth-order valence-electron chi connectivity index (χ4n) is 4.40. The summed E-state index contributed by atoms with van der Waals surface area (Å²) in [6.07, 6.45) is 8.48. The molecule has 1 aliphatic heterocycles. The zero-order valence-corrected chi connectivity index (χ0v) is 20.0. The van der Waals surface area contributed by atoms with Crippen molar-refractivity contribution in [1.29, 1.82) is 0 Å². The second-order valence-corrected chi connectivity index (χ2v) is 9.53. The maximum absolute atomic E-state index is 13.9. The van der Waals surface area contributed by atoms with Gasteiger partial charge in [-0.3, -0.25) is 0 Å². The van der Waals surface area contributed by atoms with Crippen molar-refractivity contribution in [3.05, 3.63) is 118 Å². The average Bonchev–Trinajstić information content (AvgIpc) is 3.37. The van der Waals surface area contributed by atoms with Gasteiger partial charge in [0.25, 0.3) is 0 Å². The molecule has 0 radical (unpaired) electrons. The molecule has 1 aliphatic rings. The average molecular weight is 481 g/mol. The molecule has 4 rings (SSSR count). The van der Waals surface area contributed by atoms with Gasteiger partial charge in [-0.05, 0) is 59.2 Å². The molecule has 0 amide bonds. The Labute approximate surface area is 204 Å². The first-order chi connectivity index (χ1) is 16.5. The quantitative estimate of drug-likeness (QED) is 0.386. The van der Waals surface area contributed by atoms with Gasteiger partial charge in [0.05, 0.1) is 18.2 Å². The summed E-state index contributed by atoms with van der Waals surface area (Å²) in [4.78, 5) is 3.24. The third kappa shape index (κ3) is 6.20. The van der Waals surface area contributed by atoms with E-state index in [0.717, 1.165) is 22.9 Å². The molecule has 34 heavy (non-hydrogen) atoms. The molecule has 0 bridgehead atoms. The first-order valence-electron chi connectivity index (χ1n) is 11.6. The van der Waals surface area contributed by atoms with E-state index in [0.29, 0.717) is 25.1 Å². The Morgan fingerprint density at radius 3 is 2.53 bits per heavy atom. The molecule has 1 unspecified atom stereocenters. The summed E-state index contributed by atoms with van der Waals surface area (Å²) in [6, 6.07) is 15.6. The highest BCUT2D eigenvalue weighted by atomic mass is 32.1. The Morgan fingerprint density at radius 2 is 1.79 bits per heavy atom. The van der Waals surface area contributed by atoms with Crippen molar-refractivity contribution < 1.29 is 13.9 Å². The van der Waals surface area contributed by atoms with Gasteiger partial charge in [0.15, 0.2) is 0 Å². The molecule has 2 N–H and O–H groups in total. The molecule has 0 spiro atoms. The number of nitrogens with one attached hydrogen (secondary N) is 1. The Kier molecular flexibility index (Phi) is 8.27. The maximum atomic E-state index is 13.9. The van der Waals surface area contributed by atoms with Crippen LogP contribution in [0.2, 0.25) is 0 Å². The number of aliphatic hydroxyl groups excluding tert-OH is 1. The van der Waals surface area contributed by atoms with Crippen LogP contribution in [0.15, 0.2) is 84.4 Å². The SMILES string of the molecule is CCc1cccc(CNC[C@@H](O)[C@H](Cc2cc(F)cc(F)c2)N2C=CC=CC2c2cccs2)c1. The van der Waals surface area contributed by atoms with Crippen molar-refractivity contribution in [2.24, 2.45) is 0 Å². The van der Waals surface area contributed by atoms with Gasteiger partial charge in [-0.15, -0.1) is 11.3 Å². The van der Waals surface area contributed by atoms with Gasteiger partial charge in [0.1, 0.15) is 11.6 Å². The topological polar surface area (TPSA) is 35.5 Å². The highest BCUT2D eigenvalue weighted by Crippen LogP contribution is 2.32. The van der Waals surface area contributed by atoms with Gasteiger partial charge in [-0.25, -0.2) is 8.78 Å². The van der Waals surface area contributed by atoms with E-state index in [2.05, 4.69) is 47.5 Å². The number of hydrogen-bond acceptors (Lipinski definition) is 4. The van der Waals surface area contributed by atoms with Crippen molar-refractivity contribution >= 4 is 11.3 Å². The fraction of sp³-hybridized carbons (Fsp3) is 0.286. The van der Waals surface area contributed by atoms with Crippen molar-refractivity contribution in [2.45, 2.75) is 44.5 Å². The predicted octanol–water partition coefficient (Wildman–Crippen LogP) is 5.78. The molecular weight excluding hydrogens is 450 g/mol. The van der Waals surface area contributed by atoms with Crippen LogP contribution in [0.1, 0.15) is 34.5 Å². The number of hydrogen-bond donors (Lipinski definition) is 2. The number of benzene rings is 2. The van der Waals surface area contributed by atoms with E-state index < -0.39 is 17.7 Å². The second kappa shape index (κ2) is 11.6. The lowest BCUT2D eigenvalue weighted by Gasteiger charge is -2.40. The summed E-state index contributed by atoms with van der Waals surface area (Å²) < 4.78 is 27.8. The minimum Gasteiger partial charge on any atom is -0.390 e. The molecule has 0 fully saturated rings. The van der Waals surface area contributed by atoms with Crippen molar-refractivity contribution in [3.63, 3.8) is 0 Å². The Balaban J connectivity index is 1.53. The predicted molar refractivity (Wildman–Crippen MR) is 135 cm³/mol. The summed E-state index contributed by atoms with van der Waals surface area (Å²) >= 11 is 1.65. The Morgan fingerprint density at radius 1 is 1.00 bits per heavy atom. The van der Waals surface area contributed by atoms with Gasteiger partial charge in [0, 0.05) is 30.2 Å². The van der Waals surface area contributed by atoms with Crippen LogP contribution in [0.4, 0.5) is 8.78 Å². The van der Waals surface area contributed by atoms with E-state index in [1.165, 1.54) is 17.7 Å². The Bertz CT molecular complexity index is 1110. The Hall–Kier alpha value is -2.80. The first kappa shape index (κ1) is 24.3. The third-order valence-electron chi connectivity index (χ3n) is 6.10. The summed E-state index contributed by atoms with van der Waals surface area (Å²) in [5.74, 6) is -1.22. The van der Waals surface area contributed by atoms with Crippen molar-refractivity contribution in [1.82, 2.24) is 10.2 Å². The van der Waals surface area contributed by atoms with Crippen molar-refractivity contribution in [2.75, 3.05) is 6.54 Å². The van der Waals surface area contributed by atoms with Crippen LogP contribution in [0, 0.1) is 11.6 Å². The monoisotopic (exact) mass is 480 g/mol. The van der Waals surface area contributed by atoms with E-state index in [4.69, 9.17) is 0 Å². The largest absolute Gasteiger partial charge is 0.390 e. The number of allylic oxidation sites excluding steroid dienone is 2. The van der Waals surface area contributed by atoms with Crippen LogP contribution >= 0.6 is 11.3 Å². The lowest BCUT2D eigenvalue weighted by molar-refractivity contribution is 0.0610. The van der Waals surface area contributed by atoms with Gasteiger partial charge in [0.2, 0.25) is 0 Å². The second-order valence-electron chi connectivity index (χ2n) is 8.55. The van der Waals surface area contributed by atoms with Crippen LogP contribution in [0.5, 0.6) is 0 Å². The zero-order valence-electron chi connectivity index (χ0n) is 19.2. The number of aliphatic hydroxyl groups is 1. The zero-order chi connectivity index (χ0) is 23.9. The minimum atomic E-state index is -0.765. The van der Waals surface area contributed by atoms with Crippen LogP contribution in [-0.4, -0.2) is 28.7 Å². The number of nitrogens with zero attached hydrogens (tertiary/aromatic N) is 1. The fourth-order valence-corrected chi connectivity index (χ4v) is 5.21. The number of rotatable bonds is 10. The highest BCUT2D eigenvalue weighted by Gasteiger charge is 2.31. The van der Waals surface area contributed by atoms with Crippen molar-refractivity contribution in [3.8, 4) is 0 Å². The molecule has 1 aromatic heterocycles. The third-order valence-corrected chi connectivity index (χ3v) is 7.04. The van der Waals surface area contributed by atoms with Crippen LogP contribution < -0.4 is 5.32 Å². The molecule has 178 valence electrons. The van der Waals surface area contributed by atoms with Gasteiger partial charge >= 0.3 is 0 Å². The molecule has 0 aliphatic carbocycles. The van der Waals surface area contributed by atoms with Gasteiger partial charge in [-0.2, -0.15) is 0 Å². The lowest BCUT2D eigenvalue weighted by atomic mass is 9.96. The van der Waals surface area contributed by atoms with E-state index in [9.17, 15) is 13.9 Å². The summed E-state index contributed by atoms with van der Waals surface area (Å²) in [5.41, 5.74) is 2.95. The van der Waals surface area contributed by atoms with Gasteiger partial charge in [-0.1, -0.05) is 49.4 Å². The minimum absolute atomic E-state index is 0.0516. The lowest BCUT2D eigenvalue weighted by Crippen LogP contribution is -2.48. The van der Waals surface area contributed by atoms with Crippen LogP contribution in [0.3, 0.4) is 0 Å². The highest BCUT2D eigenvalue weighted by molar-refractivity contribution is 7.10. The van der Waals surface area contributed by atoms with Crippen LogP contribution in [-0.2, 0) is 19.4 Å². The normalized spacial score (nSPS) is 17.2. The summed E-state index contributed by atoms with van der Waals surface area (Å²) in [7, 11) is 0. The number of thiophene rings is 1. The molecule has 3 nitrogen and oxygen atoms in total. The molecule has 6 heteroatoms. The maximum Gasteiger partial charge on any atom is 0.126 e. The molecule has 3 atom stereocenters. The van der Waals surface area contributed by atoms with Gasteiger partial charge < -0.3 is 15.3 Å². The molecule has 3 aromatic rings. The summed E-state index contributed by atoms with van der Waals surface area (Å²) in [6.45, 7) is 3.11. The number of halogens is 2. The molecule has 0 saturated heterocycles. The summed E-state index contributed by atoms with van der Waals surface area (Å²) in [5, 5.41) is 16.7. The van der Waals surface area contributed by atoms with E-state index >= 15 is 0 Å². The van der Waals surface area contributed by atoms with Crippen LogP contribution in [0.25, 0.3) is 0 Å². The molecule has 0 saturated carbocycles.